The molecule has 0 aromatic carbocycles. The Balaban J connectivity index is 2.41. The van der Waals surface area contributed by atoms with Crippen LogP contribution >= 0.6 is 0 Å². The molecule has 1 fully saturated rings. The maximum Gasteiger partial charge on any atom is 0.323 e. The second kappa shape index (κ2) is 7.70. The van der Waals surface area contributed by atoms with E-state index in [1.165, 1.54) is 4.90 Å². The van der Waals surface area contributed by atoms with Crippen LogP contribution in [0, 0.1) is 0 Å². The lowest BCUT2D eigenvalue weighted by molar-refractivity contribution is -0.150. The minimum absolute atomic E-state index is 0.0463. The Bertz CT molecular complexity index is 347. The van der Waals surface area contributed by atoms with E-state index in [0.29, 0.717) is 19.7 Å². The number of carboxylic acids is 1. The summed E-state index contributed by atoms with van der Waals surface area (Å²) in [7, 11) is 0. The summed E-state index contributed by atoms with van der Waals surface area (Å²) in [5.41, 5.74) is 0. The fraction of sp³-hybridized carbons (Fsp3) is 0.727. The zero-order chi connectivity index (χ0) is 14.3. The van der Waals surface area contributed by atoms with Crippen LogP contribution in [-0.2, 0) is 14.3 Å². The molecule has 8 heteroatoms. The van der Waals surface area contributed by atoms with E-state index in [-0.39, 0.29) is 13.2 Å². The summed E-state index contributed by atoms with van der Waals surface area (Å²) in [4.78, 5) is 35.3. The molecule has 0 aromatic rings. The number of amides is 3. The first-order valence-electron chi connectivity index (χ1n) is 6.17. The molecule has 1 aliphatic rings. The van der Waals surface area contributed by atoms with Crippen LogP contribution in [0.25, 0.3) is 0 Å². The van der Waals surface area contributed by atoms with Crippen molar-refractivity contribution >= 4 is 17.9 Å². The smallest absolute Gasteiger partial charge is 0.323 e. The van der Waals surface area contributed by atoms with E-state index in [1.807, 2.05) is 6.92 Å². The first-order chi connectivity index (χ1) is 9.04. The van der Waals surface area contributed by atoms with Gasteiger partial charge >= 0.3 is 12.0 Å². The van der Waals surface area contributed by atoms with Crippen molar-refractivity contribution < 1.29 is 24.2 Å². The Kier molecular flexibility index (Phi) is 6.23. The highest BCUT2D eigenvalue weighted by atomic mass is 16.5. The van der Waals surface area contributed by atoms with Gasteiger partial charge in [0.15, 0.2) is 0 Å². The van der Waals surface area contributed by atoms with Crippen molar-refractivity contribution in [1.82, 2.24) is 15.5 Å². The van der Waals surface area contributed by atoms with Gasteiger partial charge in [-0.25, -0.2) is 4.79 Å². The number of carboxylic acid groups (broad SMARTS) is 1. The number of ether oxygens (including phenoxy) is 1. The van der Waals surface area contributed by atoms with Gasteiger partial charge in [-0.15, -0.1) is 0 Å². The van der Waals surface area contributed by atoms with Gasteiger partial charge in [-0.2, -0.15) is 0 Å². The molecule has 3 N–H and O–H groups in total. The number of nitrogens with one attached hydrogen (secondary N) is 2. The summed E-state index contributed by atoms with van der Waals surface area (Å²) in [6.45, 7) is 3.01. The van der Waals surface area contributed by atoms with E-state index in [2.05, 4.69) is 10.6 Å². The zero-order valence-corrected chi connectivity index (χ0v) is 10.8. The minimum atomic E-state index is -1.04. The Morgan fingerprint density at radius 3 is 2.79 bits per heavy atom. The van der Waals surface area contributed by atoms with Gasteiger partial charge in [0.25, 0.3) is 0 Å². The summed E-state index contributed by atoms with van der Waals surface area (Å²) < 4.78 is 5.06. The zero-order valence-electron chi connectivity index (χ0n) is 10.8. The number of morpholine rings is 1. The Morgan fingerprint density at radius 2 is 2.16 bits per heavy atom. The van der Waals surface area contributed by atoms with E-state index >= 15 is 0 Å². The number of urea groups is 1. The van der Waals surface area contributed by atoms with Crippen molar-refractivity contribution in [3.05, 3.63) is 0 Å². The second-order valence-corrected chi connectivity index (χ2v) is 4.20. The van der Waals surface area contributed by atoms with Gasteiger partial charge in [0, 0.05) is 13.1 Å². The maximum absolute atomic E-state index is 11.6. The SMILES string of the molecule is CCCNC(=O)NC(=O)CN1CCOCC1C(=O)O. The summed E-state index contributed by atoms with van der Waals surface area (Å²) in [6.07, 6.45) is 0.770. The van der Waals surface area contributed by atoms with Gasteiger partial charge in [-0.1, -0.05) is 6.92 Å². The van der Waals surface area contributed by atoms with Crippen LogP contribution in [0.3, 0.4) is 0 Å². The standard InChI is InChI=1S/C11H19N3O5/c1-2-3-12-11(18)13-9(15)6-14-4-5-19-7-8(14)10(16)17/h8H,2-7H2,1H3,(H,16,17)(H2,12,13,15,18). The quantitative estimate of drug-likeness (QED) is 0.593. The average molecular weight is 273 g/mol. The molecule has 108 valence electrons. The molecule has 1 heterocycles. The maximum atomic E-state index is 11.6. The summed E-state index contributed by atoms with van der Waals surface area (Å²) in [5, 5.41) is 13.6. The van der Waals surface area contributed by atoms with Gasteiger partial charge in [0.05, 0.1) is 19.8 Å². The van der Waals surface area contributed by atoms with Crippen LogP contribution in [0.5, 0.6) is 0 Å². The van der Waals surface area contributed by atoms with Crippen molar-refractivity contribution in [3.63, 3.8) is 0 Å². The molecular weight excluding hydrogens is 254 g/mol. The monoisotopic (exact) mass is 273 g/mol. The van der Waals surface area contributed by atoms with Crippen LogP contribution in [0.4, 0.5) is 4.79 Å². The molecule has 1 saturated heterocycles. The van der Waals surface area contributed by atoms with E-state index in [9.17, 15) is 14.4 Å². The van der Waals surface area contributed by atoms with Gasteiger partial charge in [-0.3, -0.25) is 19.8 Å². The highest BCUT2D eigenvalue weighted by Gasteiger charge is 2.30. The largest absolute Gasteiger partial charge is 0.480 e. The highest BCUT2D eigenvalue weighted by Crippen LogP contribution is 2.06. The predicted octanol–water partition coefficient (Wildman–Crippen LogP) is -0.992. The highest BCUT2D eigenvalue weighted by molar-refractivity contribution is 5.95. The number of carbonyl (C=O) groups excluding carboxylic acids is 2. The molecule has 0 radical (unpaired) electrons. The van der Waals surface area contributed by atoms with Crippen molar-refractivity contribution in [2.75, 3.05) is 32.8 Å². The van der Waals surface area contributed by atoms with Crippen LogP contribution in [0.15, 0.2) is 0 Å². The van der Waals surface area contributed by atoms with Gasteiger partial charge < -0.3 is 15.2 Å². The molecule has 1 atom stereocenters. The second-order valence-electron chi connectivity index (χ2n) is 4.20. The van der Waals surface area contributed by atoms with E-state index in [1.54, 1.807) is 0 Å². The van der Waals surface area contributed by atoms with Crippen molar-refractivity contribution in [3.8, 4) is 0 Å². The molecule has 0 bridgehead atoms. The summed E-state index contributed by atoms with van der Waals surface area (Å²) in [6, 6.07) is -1.41. The molecule has 1 unspecified atom stereocenters. The minimum Gasteiger partial charge on any atom is -0.480 e. The van der Waals surface area contributed by atoms with Gasteiger partial charge in [0.2, 0.25) is 5.91 Å². The molecule has 8 nitrogen and oxygen atoms in total. The third-order valence-electron chi connectivity index (χ3n) is 2.66. The number of rotatable bonds is 5. The van der Waals surface area contributed by atoms with Crippen molar-refractivity contribution in [2.45, 2.75) is 19.4 Å². The molecule has 0 aromatic heterocycles. The molecule has 0 spiro atoms. The van der Waals surface area contributed by atoms with Crippen molar-refractivity contribution in [1.29, 1.82) is 0 Å². The fourth-order valence-corrected chi connectivity index (χ4v) is 1.69. The van der Waals surface area contributed by atoms with E-state index in [4.69, 9.17) is 9.84 Å². The number of aliphatic carboxylic acids is 1. The van der Waals surface area contributed by atoms with Crippen molar-refractivity contribution in [2.24, 2.45) is 0 Å². The fourth-order valence-electron chi connectivity index (χ4n) is 1.69. The number of imide groups is 1. The summed E-state index contributed by atoms with van der Waals surface area (Å²) >= 11 is 0. The third-order valence-corrected chi connectivity index (χ3v) is 2.66. The molecule has 3 amide bonds. The number of carbonyl (C=O) groups is 3. The van der Waals surface area contributed by atoms with Crippen LogP contribution in [-0.4, -0.2) is 66.8 Å². The molecular formula is C11H19N3O5. The van der Waals surface area contributed by atoms with Gasteiger partial charge in [-0.05, 0) is 6.42 Å². The van der Waals surface area contributed by atoms with Crippen LogP contribution < -0.4 is 10.6 Å². The molecule has 1 rings (SSSR count). The number of hydrogen-bond donors (Lipinski definition) is 3. The van der Waals surface area contributed by atoms with E-state index in [0.717, 1.165) is 6.42 Å². The normalized spacial score (nSPS) is 19.7. The van der Waals surface area contributed by atoms with E-state index < -0.39 is 23.9 Å². The van der Waals surface area contributed by atoms with Crippen LogP contribution in [0.1, 0.15) is 13.3 Å². The molecule has 19 heavy (non-hydrogen) atoms. The Morgan fingerprint density at radius 1 is 1.42 bits per heavy atom. The predicted molar refractivity (Wildman–Crippen MR) is 65.6 cm³/mol. The lowest BCUT2D eigenvalue weighted by Crippen LogP contribution is -2.54. The van der Waals surface area contributed by atoms with Gasteiger partial charge in [0.1, 0.15) is 6.04 Å². The summed E-state index contributed by atoms with van der Waals surface area (Å²) in [5.74, 6) is -1.57. The number of hydrogen-bond acceptors (Lipinski definition) is 5. The number of nitrogens with zero attached hydrogens (tertiary/aromatic N) is 1. The molecule has 1 aliphatic heterocycles. The van der Waals surface area contributed by atoms with Crippen LogP contribution in [0.2, 0.25) is 0 Å². The Labute approximate surface area is 111 Å². The first kappa shape index (κ1) is 15.4. The first-order valence-corrected chi connectivity index (χ1v) is 6.17. The lowest BCUT2D eigenvalue weighted by Gasteiger charge is -2.31. The Hall–Kier alpha value is -1.67. The lowest BCUT2D eigenvalue weighted by atomic mass is 10.2. The molecule has 0 saturated carbocycles. The topological polar surface area (TPSA) is 108 Å². The molecule has 0 aliphatic carbocycles. The third kappa shape index (κ3) is 5.23. The average Bonchev–Trinajstić information content (AvgIpc) is 2.36.